The topological polar surface area (TPSA) is 75.3 Å². The zero-order chi connectivity index (χ0) is 17.5. The minimum atomic E-state index is -0.803. The fraction of sp³-hybridized carbons (Fsp3) is 0.389. The highest BCUT2D eigenvalue weighted by atomic mass is 19.1. The third kappa shape index (κ3) is 3.22. The van der Waals surface area contributed by atoms with Gasteiger partial charge in [0.2, 0.25) is 11.8 Å². The van der Waals surface area contributed by atoms with Gasteiger partial charge in [0.25, 0.3) is 0 Å². The van der Waals surface area contributed by atoms with Gasteiger partial charge >= 0.3 is 0 Å². The van der Waals surface area contributed by atoms with Crippen LogP contribution in [0.1, 0.15) is 33.1 Å². The van der Waals surface area contributed by atoms with Gasteiger partial charge in [0.15, 0.2) is 5.78 Å². The first-order chi connectivity index (χ1) is 11.2. The molecular formula is C18H19FN2O3. The quantitative estimate of drug-likeness (QED) is 0.875. The highest BCUT2D eigenvalue weighted by Gasteiger charge is 2.42. The number of halogens is 1. The third-order valence-electron chi connectivity index (χ3n) is 4.38. The molecule has 2 amide bonds. The van der Waals surface area contributed by atoms with Crippen LogP contribution in [-0.4, -0.2) is 17.6 Å². The second-order valence-corrected chi connectivity index (χ2v) is 7.13. The van der Waals surface area contributed by atoms with Crippen LogP contribution in [0.15, 0.2) is 35.5 Å². The van der Waals surface area contributed by atoms with E-state index >= 15 is 0 Å². The lowest BCUT2D eigenvalue weighted by atomic mass is 9.71. The number of amides is 2. The SMILES string of the molecule is CC1(C)CC(=O)C2=C(C1)NC(=O)C[C@@H]2C(=O)Nc1ccc(F)cc1. The average molecular weight is 330 g/mol. The number of anilines is 1. The molecule has 0 bridgehead atoms. The molecule has 1 aromatic rings. The van der Waals surface area contributed by atoms with Gasteiger partial charge in [0.1, 0.15) is 5.82 Å². The van der Waals surface area contributed by atoms with Gasteiger partial charge in [-0.15, -0.1) is 0 Å². The molecule has 1 aromatic carbocycles. The molecule has 0 saturated carbocycles. The van der Waals surface area contributed by atoms with Gasteiger partial charge in [0, 0.05) is 29.8 Å². The van der Waals surface area contributed by atoms with Crippen molar-refractivity contribution in [1.82, 2.24) is 5.32 Å². The van der Waals surface area contributed by atoms with Crippen molar-refractivity contribution in [2.24, 2.45) is 11.3 Å². The van der Waals surface area contributed by atoms with Crippen LogP contribution in [-0.2, 0) is 14.4 Å². The molecule has 6 heteroatoms. The maximum Gasteiger partial charge on any atom is 0.232 e. The Morgan fingerprint density at radius 1 is 1.21 bits per heavy atom. The molecule has 1 aliphatic carbocycles. The van der Waals surface area contributed by atoms with Crippen molar-refractivity contribution in [2.45, 2.75) is 33.1 Å². The molecule has 0 spiro atoms. The van der Waals surface area contributed by atoms with E-state index in [1.807, 2.05) is 13.8 Å². The molecule has 126 valence electrons. The Balaban J connectivity index is 1.88. The van der Waals surface area contributed by atoms with E-state index in [4.69, 9.17) is 0 Å². The van der Waals surface area contributed by atoms with Crippen molar-refractivity contribution in [3.8, 4) is 0 Å². The minimum absolute atomic E-state index is 0.0575. The van der Waals surface area contributed by atoms with Crippen LogP contribution < -0.4 is 10.6 Å². The van der Waals surface area contributed by atoms with Crippen molar-refractivity contribution in [2.75, 3.05) is 5.32 Å². The Hall–Kier alpha value is -2.50. The summed E-state index contributed by atoms with van der Waals surface area (Å²) in [4.78, 5) is 37.1. The van der Waals surface area contributed by atoms with Crippen LogP contribution in [0, 0.1) is 17.2 Å². The van der Waals surface area contributed by atoms with Crippen molar-refractivity contribution in [3.05, 3.63) is 41.4 Å². The van der Waals surface area contributed by atoms with E-state index < -0.39 is 17.6 Å². The first-order valence-electron chi connectivity index (χ1n) is 7.88. The first kappa shape index (κ1) is 16.4. The van der Waals surface area contributed by atoms with Crippen LogP contribution >= 0.6 is 0 Å². The Bertz CT molecular complexity index is 750. The van der Waals surface area contributed by atoms with E-state index in [0.717, 1.165) is 0 Å². The first-order valence-corrected chi connectivity index (χ1v) is 7.88. The van der Waals surface area contributed by atoms with Gasteiger partial charge in [-0.3, -0.25) is 14.4 Å². The summed E-state index contributed by atoms with van der Waals surface area (Å²) in [6.45, 7) is 3.92. The Kier molecular flexibility index (Phi) is 3.99. The van der Waals surface area contributed by atoms with Crippen molar-refractivity contribution >= 4 is 23.3 Å². The molecule has 1 aliphatic heterocycles. The second kappa shape index (κ2) is 5.85. The third-order valence-corrected chi connectivity index (χ3v) is 4.38. The number of rotatable bonds is 2. The molecular weight excluding hydrogens is 311 g/mol. The van der Waals surface area contributed by atoms with Crippen molar-refractivity contribution in [1.29, 1.82) is 0 Å². The fourth-order valence-electron chi connectivity index (χ4n) is 3.34. The average Bonchev–Trinajstić information content (AvgIpc) is 2.46. The van der Waals surface area contributed by atoms with Crippen LogP contribution in [0.2, 0.25) is 0 Å². The van der Waals surface area contributed by atoms with E-state index in [0.29, 0.717) is 29.8 Å². The van der Waals surface area contributed by atoms with E-state index in [2.05, 4.69) is 10.6 Å². The lowest BCUT2D eigenvalue weighted by Gasteiger charge is -2.37. The highest BCUT2D eigenvalue weighted by molar-refractivity contribution is 6.09. The Morgan fingerprint density at radius 2 is 1.88 bits per heavy atom. The van der Waals surface area contributed by atoms with Gasteiger partial charge in [-0.2, -0.15) is 0 Å². The molecule has 0 fully saturated rings. The molecule has 2 aliphatic rings. The Labute approximate surface area is 139 Å². The number of hydrogen-bond donors (Lipinski definition) is 2. The monoisotopic (exact) mass is 330 g/mol. The lowest BCUT2D eigenvalue weighted by molar-refractivity contribution is -0.129. The smallest absolute Gasteiger partial charge is 0.232 e. The predicted octanol–water partition coefficient (Wildman–Crippen LogP) is 2.54. The number of allylic oxidation sites excluding steroid dienone is 1. The number of ketones is 1. The predicted molar refractivity (Wildman–Crippen MR) is 86.3 cm³/mol. The van der Waals surface area contributed by atoms with E-state index in [1.54, 1.807) is 0 Å². The molecule has 1 heterocycles. The minimum Gasteiger partial charge on any atom is -0.329 e. The number of carbonyl (C=O) groups is 3. The number of hydrogen-bond acceptors (Lipinski definition) is 3. The van der Waals surface area contributed by atoms with Crippen LogP contribution in [0.25, 0.3) is 0 Å². The summed E-state index contributed by atoms with van der Waals surface area (Å²) in [5.41, 5.74) is 1.16. The fourth-order valence-corrected chi connectivity index (χ4v) is 3.34. The molecule has 1 atom stereocenters. The van der Waals surface area contributed by atoms with Crippen LogP contribution in [0.5, 0.6) is 0 Å². The summed E-state index contributed by atoms with van der Waals surface area (Å²) in [6.07, 6.45) is 0.847. The summed E-state index contributed by atoms with van der Waals surface area (Å²) >= 11 is 0. The van der Waals surface area contributed by atoms with Gasteiger partial charge in [0.05, 0.1) is 5.92 Å². The molecule has 24 heavy (non-hydrogen) atoms. The second-order valence-electron chi connectivity index (χ2n) is 7.13. The van der Waals surface area contributed by atoms with Gasteiger partial charge in [-0.25, -0.2) is 4.39 Å². The van der Waals surface area contributed by atoms with Crippen molar-refractivity contribution in [3.63, 3.8) is 0 Å². The molecule has 0 radical (unpaired) electrons. The van der Waals surface area contributed by atoms with Crippen molar-refractivity contribution < 1.29 is 18.8 Å². The zero-order valence-corrected chi connectivity index (χ0v) is 13.6. The number of nitrogens with one attached hydrogen (secondary N) is 2. The molecule has 0 saturated heterocycles. The summed E-state index contributed by atoms with van der Waals surface area (Å²) in [7, 11) is 0. The molecule has 0 unspecified atom stereocenters. The normalized spacial score (nSPS) is 22.7. The zero-order valence-electron chi connectivity index (χ0n) is 13.6. The van der Waals surface area contributed by atoms with E-state index in [1.165, 1.54) is 24.3 Å². The van der Waals surface area contributed by atoms with E-state index in [9.17, 15) is 18.8 Å². The Morgan fingerprint density at radius 3 is 2.54 bits per heavy atom. The number of Topliss-reactive ketones (excluding diaryl/α,β-unsaturated/α-hetero) is 1. The van der Waals surface area contributed by atoms with Gasteiger partial charge < -0.3 is 10.6 Å². The van der Waals surface area contributed by atoms with Crippen LogP contribution in [0.3, 0.4) is 0 Å². The molecule has 3 rings (SSSR count). The molecule has 2 N–H and O–H groups in total. The summed E-state index contributed by atoms with van der Waals surface area (Å²) < 4.78 is 13.0. The van der Waals surface area contributed by atoms with Crippen LogP contribution in [0.4, 0.5) is 10.1 Å². The summed E-state index contributed by atoms with van der Waals surface area (Å²) in [6, 6.07) is 5.36. The standard InChI is InChI=1S/C18H19FN2O3/c1-18(2)8-13-16(14(22)9-18)12(7-15(23)21-13)17(24)20-11-5-3-10(19)4-6-11/h3-6,12H,7-9H2,1-2H3,(H,20,24)(H,21,23)/t12-/m0/s1. The largest absolute Gasteiger partial charge is 0.329 e. The highest BCUT2D eigenvalue weighted by Crippen LogP contribution is 2.40. The molecule has 5 nitrogen and oxygen atoms in total. The number of benzene rings is 1. The van der Waals surface area contributed by atoms with Gasteiger partial charge in [-0.05, 0) is 36.1 Å². The number of carbonyl (C=O) groups excluding carboxylic acids is 3. The summed E-state index contributed by atoms with van der Waals surface area (Å²) in [5, 5.41) is 5.41. The lowest BCUT2D eigenvalue weighted by Crippen LogP contribution is -2.44. The summed E-state index contributed by atoms with van der Waals surface area (Å²) in [5.74, 6) is -1.99. The van der Waals surface area contributed by atoms with Gasteiger partial charge in [-0.1, -0.05) is 13.8 Å². The van der Waals surface area contributed by atoms with E-state index in [-0.39, 0.29) is 23.5 Å². The maximum atomic E-state index is 13.0. The maximum absolute atomic E-state index is 13.0. The molecule has 0 aromatic heterocycles.